The summed E-state index contributed by atoms with van der Waals surface area (Å²) in [5.41, 5.74) is -0.878. The van der Waals surface area contributed by atoms with Gasteiger partial charge in [0, 0.05) is 5.92 Å². The monoisotopic (exact) mass is 319 g/mol. The molecule has 2 heterocycles. The van der Waals surface area contributed by atoms with Crippen molar-refractivity contribution in [2.45, 2.75) is 31.1 Å². The molecule has 1 saturated heterocycles. The molecule has 1 aromatic rings. The third kappa shape index (κ3) is 2.60. The van der Waals surface area contributed by atoms with Gasteiger partial charge in [-0.15, -0.1) is 0 Å². The lowest BCUT2D eigenvalue weighted by molar-refractivity contribution is -0.154. The maximum atomic E-state index is 12.6. The number of cyclic esters (lactones) is 1. The van der Waals surface area contributed by atoms with Gasteiger partial charge in [-0.2, -0.15) is 13.2 Å². The Labute approximate surface area is 122 Å². The van der Waals surface area contributed by atoms with E-state index in [9.17, 15) is 22.8 Å². The summed E-state index contributed by atoms with van der Waals surface area (Å²) in [7, 11) is 0. The van der Waals surface area contributed by atoms with Crippen LogP contribution in [-0.2, 0) is 22.3 Å². The third-order valence-electron chi connectivity index (χ3n) is 3.82. The molecule has 1 spiro atoms. The van der Waals surface area contributed by atoms with Gasteiger partial charge in [0.2, 0.25) is 11.7 Å². The van der Waals surface area contributed by atoms with E-state index in [-0.39, 0.29) is 30.7 Å². The van der Waals surface area contributed by atoms with Gasteiger partial charge in [0.05, 0.1) is 12.1 Å². The Morgan fingerprint density at radius 2 is 2.23 bits per heavy atom. The number of amides is 2. The molecule has 2 aliphatic rings. The number of carbonyl (C=O) groups excluding carboxylic acids is 2. The first kappa shape index (κ1) is 14.7. The molecule has 2 amide bonds. The number of hydrogen-bond donors (Lipinski definition) is 2. The molecule has 0 atom stereocenters. The Hall–Kier alpha value is -2.26. The lowest BCUT2D eigenvalue weighted by Crippen LogP contribution is -2.57. The minimum Gasteiger partial charge on any atom is -0.447 e. The number of halogens is 3. The number of rotatable bonds is 3. The Balaban J connectivity index is 1.52. The van der Waals surface area contributed by atoms with Crippen LogP contribution in [0.25, 0.3) is 0 Å². The molecule has 0 radical (unpaired) electrons. The number of hydrogen-bond acceptors (Lipinski definition) is 5. The van der Waals surface area contributed by atoms with Gasteiger partial charge in [-0.05, 0) is 12.8 Å². The summed E-state index contributed by atoms with van der Waals surface area (Å²) in [5.74, 6) is -1.97. The van der Waals surface area contributed by atoms with Crippen LogP contribution in [0.3, 0.4) is 0 Å². The predicted octanol–water partition coefficient (Wildman–Crippen LogP) is 1.20. The summed E-state index contributed by atoms with van der Waals surface area (Å²) in [6.45, 7) is -0.159. The van der Waals surface area contributed by atoms with E-state index in [0.29, 0.717) is 19.2 Å². The third-order valence-corrected chi connectivity index (χ3v) is 3.82. The minimum absolute atomic E-state index is 0.205. The van der Waals surface area contributed by atoms with Crippen molar-refractivity contribution in [2.24, 2.45) is 5.92 Å². The lowest BCUT2D eigenvalue weighted by Gasteiger charge is -2.41. The highest BCUT2D eigenvalue weighted by atomic mass is 19.4. The van der Waals surface area contributed by atoms with E-state index in [1.54, 1.807) is 0 Å². The van der Waals surface area contributed by atoms with Crippen LogP contribution in [0.2, 0.25) is 0 Å². The Morgan fingerprint density at radius 1 is 1.50 bits per heavy atom. The number of oxazole rings is 1. The summed E-state index contributed by atoms with van der Waals surface area (Å²) in [5, 5.41) is 5.04. The van der Waals surface area contributed by atoms with Gasteiger partial charge >= 0.3 is 12.3 Å². The number of ether oxygens (including phenoxy) is 1. The van der Waals surface area contributed by atoms with Crippen LogP contribution >= 0.6 is 0 Å². The van der Waals surface area contributed by atoms with Crippen molar-refractivity contribution in [2.75, 3.05) is 6.61 Å². The molecule has 120 valence electrons. The van der Waals surface area contributed by atoms with Crippen LogP contribution in [0.5, 0.6) is 0 Å². The second kappa shape index (κ2) is 4.89. The van der Waals surface area contributed by atoms with E-state index in [1.807, 2.05) is 0 Å². The number of alkyl carbamates (subject to hydrolysis) is 1. The van der Waals surface area contributed by atoms with Crippen molar-refractivity contribution < 1.29 is 31.9 Å². The molecule has 0 aromatic carbocycles. The van der Waals surface area contributed by atoms with Crippen molar-refractivity contribution in [1.29, 1.82) is 0 Å². The first-order valence-electron chi connectivity index (χ1n) is 6.51. The summed E-state index contributed by atoms with van der Waals surface area (Å²) < 4.78 is 46.8. The van der Waals surface area contributed by atoms with Gasteiger partial charge in [-0.3, -0.25) is 4.79 Å². The maximum absolute atomic E-state index is 12.6. The molecule has 2 fully saturated rings. The van der Waals surface area contributed by atoms with Crippen molar-refractivity contribution in [3.63, 3.8) is 0 Å². The van der Waals surface area contributed by atoms with E-state index < -0.39 is 23.6 Å². The van der Waals surface area contributed by atoms with Gasteiger partial charge in [-0.1, -0.05) is 0 Å². The summed E-state index contributed by atoms with van der Waals surface area (Å²) in [6, 6.07) is 0. The summed E-state index contributed by atoms with van der Waals surface area (Å²) in [4.78, 5) is 26.3. The summed E-state index contributed by atoms with van der Waals surface area (Å²) >= 11 is 0. The van der Waals surface area contributed by atoms with E-state index in [0.717, 1.165) is 0 Å². The van der Waals surface area contributed by atoms with Gasteiger partial charge in [0.15, 0.2) is 6.39 Å². The van der Waals surface area contributed by atoms with E-state index in [1.165, 1.54) is 0 Å². The van der Waals surface area contributed by atoms with E-state index >= 15 is 0 Å². The zero-order valence-corrected chi connectivity index (χ0v) is 11.2. The quantitative estimate of drug-likeness (QED) is 0.873. The number of nitrogens with one attached hydrogen (secondary N) is 2. The van der Waals surface area contributed by atoms with Crippen LogP contribution in [0.4, 0.5) is 18.0 Å². The largest absolute Gasteiger partial charge is 0.451 e. The van der Waals surface area contributed by atoms with Crippen LogP contribution < -0.4 is 10.6 Å². The second-order valence-electron chi connectivity index (χ2n) is 5.43. The fourth-order valence-corrected chi connectivity index (χ4v) is 2.72. The Kier molecular flexibility index (Phi) is 3.26. The zero-order valence-electron chi connectivity index (χ0n) is 11.2. The number of carbonyl (C=O) groups is 2. The minimum atomic E-state index is -4.65. The van der Waals surface area contributed by atoms with Crippen LogP contribution in [0.1, 0.15) is 24.3 Å². The predicted molar refractivity (Wildman–Crippen MR) is 63.3 cm³/mol. The van der Waals surface area contributed by atoms with Crippen LogP contribution in [0.15, 0.2) is 10.8 Å². The molecule has 0 unspecified atom stereocenters. The van der Waals surface area contributed by atoms with Crippen molar-refractivity contribution in [3.05, 3.63) is 17.8 Å². The second-order valence-corrected chi connectivity index (χ2v) is 5.43. The molecule has 1 aromatic heterocycles. The highest BCUT2D eigenvalue weighted by Gasteiger charge is 2.52. The highest BCUT2D eigenvalue weighted by Crippen LogP contribution is 2.40. The van der Waals surface area contributed by atoms with E-state index in [4.69, 9.17) is 4.74 Å². The maximum Gasteiger partial charge on any atom is 0.451 e. The van der Waals surface area contributed by atoms with Gasteiger partial charge < -0.3 is 19.8 Å². The topological polar surface area (TPSA) is 93.5 Å². The molecule has 1 aliphatic heterocycles. The van der Waals surface area contributed by atoms with Crippen molar-refractivity contribution in [1.82, 2.24) is 15.6 Å². The summed E-state index contributed by atoms with van der Waals surface area (Å²) in [6.07, 6.45) is -3.68. The first-order chi connectivity index (χ1) is 10.3. The van der Waals surface area contributed by atoms with Gasteiger partial charge in [-0.25, -0.2) is 9.78 Å². The zero-order chi connectivity index (χ0) is 16.0. The smallest absolute Gasteiger partial charge is 0.447 e. The average molecular weight is 319 g/mol. The molecule has 3 rings (SSSR count). The molecule has 10 heteroatoms. The first-order valence-corrected chi connectivity index (χ1v) is 6.51. The highest BCUT2D eigenvalue weighted by molar-refractivity contribution is 5.81. The number of alkyl halides is 3. The molecular weight excluding hydrogens is 307 g/mol. The number of nitrogens with zero attached hydrogens (tertiary/aromatic N) is 1. The average Bonchev–Trinajstić information content (AvgIpc) is 2.99. The van der Waals surface area contributed by atoms with Crippen molar-refractivity contribution in [3.8, 4) is 0 Å². The van der Waals surface area contributed by atoms with Crippen molar-refractivity contribution >= 4 is 12.0 Å². The molecule has 0 bridgehead atoms. The molecule has 7 nitrogen and oxygen atoms in total. The fourth-order valence-electron chi connectivity index (χ4n) is 2.72. The van der Waals surface area contributed by atoms with Crippen LogP contribution in [0, 0.1) is 5.92 Å². The molecule has 1 aliphatic carbocycles. The van der Waals surface area contributed by atoms with Gasteiger partial charge in [0.25, 0.3) is 0 Å². The Morgan fingerprint density at radius 3 is 2.82 bits per heavy atom. The van der Waals surface area contributed by atoms with E-state index in [2.05, 4.69) is 20.0 Å². The molecule has 22 heavy (non-hydrogen) atoms. The van der Waals surface area contributed by atoms with Crippen LogP contribution in [-0.4, -0.2) is 29.1 Å². The van der Waals surface area contributed by atoms with Gasteiger partial charge in [0.1, 0.15) is 12.3 Å². The normalized spacial score (nSPS) is 27.2. The Bertz CT molecular complexity index is 607. The molecule has 1 saturated carbocycles. The lowest BCUT2D eigenvalue weighted by atomic mass is 9.68. The molecule has 2 N–H and O–H groups in total. The fraction of sp³-hybridized carbons (Fsp3) is 0.583. The standard InChI is InChI=1S/C12H12F3N3O4/c13-12(14,15)8-7(17-5-22-8)3-16-9(19)6-1-11(2-6)4-21-10(20)18-11/h5-6H,1-4H2,(H,16,19)(H,18,20). The molecular formula is C12H12F3N3O4. The SMILES string of the molecule is O=C1NC2(CO1)CC(C(=O)NCc1ncoc1C(F)(F)F)C2. The number of aromatic nitrogens is 1.